The maximum atomic E-state index is 12.5. The molecule has 0 heterocycles. The number of hydrogen-bond donors (Lipinski definition) is 2. The number of para-hydroxylation sites is 1. The van der Waals surface area contributed by atoms with Crippen molar-refractivity contribution in [3.8, 4) is 0 Å². The van der Waals surface area contributed by atoms with Crippen LogP contribution in [0.1, 0.15) is 17.2 Å². The van der Waals surface area contributed by atoms with Gasteiger partial charge >= 0.3 is 0 Å². The molecule has 0 saturated carbocycles. The number of amides is 2. The molecule has 2 aromatic carbocycles. The van der Waals surface area contributed by atoms with E-state index in [4.69, 9.17) is 10.5 Å². The molecular formula is C18H19N3O5. The van der Waals surface area contributed by atoms with Crippen molar-refractivity contribution >= 4 is 17.5 Å². The van der Waals surface area contributed by atoms with Gasteiger partial charge in [0.2, 0.25) is 5.91 Å². The van der Waals surface area contributed by atoms with E-state index >= 15 is 0 Å². The maximum Gasteiger partial charge on any atom is 0.272 e. The fourth-order valence-electron chi connectivity index (χ4n) is 2.57. The lowest BCUT2D eigenvalue weighted by Gasteiger charge is -2.20. The van der Waals surface area contributed by atoms with Gasteiger partial charge in [-0.15, -0.1) is 0 Å². The molecule has 8 heteroatoms. The number of benzene rings is 2. The molecule has 0 spiro atoms. The molecule has 0 aliphatic carbocycles. The summed E-state index contributed by atoms with van der Waals surface area (Å²) in [5.41, 5.74) is 6.15. The van der Waals surface area contributed by atoms with E-state index in [0.29, 0.717) is 11.1 Å². The smallest absolute Gasteiger partial charge is 0.272 e. The van der Waals surface area contributed by atoms with Crippen molar-refractivity contribution in [2.45, 2.75) is 18.6 Å². The summed E-state index contributed by atoms with van der Waals surface area (Å²) in [6.45, 7) is 0. The number of nitrogens with two attached hydrogens (primary N) is 1. The lowest BCUT2D eigenvalue weighted by Crippen LogP contribution is -2.47. The first-order valence-electron chi connectivity index (χ1n) is 7.83. The minimum absolute atomic E-state index is 0.0938. The number of nitrogens with one attached hydrogen (secondary N) is 1. The van der Waals surface area contributed by atoms with Crippen LogP contribution in [-0.4, -0.2) is 29.9 Å². The Hall–Kier alpha value is -3.26. The zero-order valence-corrected chi connectivity index (χ0v) is 14.1. The molecule has 2 atom stereocenters. The standard InChI is InChI=1S/C18H19N3O5/c1-26-16(12-7-3-2-4-8-12)18(23)20-14(17(19)22)11-13-9-5-6-10-15(13)21(24)25/h2-10,14,16H,11H2,1H3,(H2,19,22)(H,20,23)/t14-,16+/m1/s1. The highest BCUT2D eigenvalue weighted by molar-refractivity contribution is 5.89. The third kappa shape index (κ3) is 4.64. The predicted molar refractivity (Wildman–Crippen MR) is 94.1 cm³/mol. The van der Waals surface area contributed by atoms with Crippen molar-refractivity contribution in [3.63, 3.8) is 0 Å². The van der Waals surface area contributed by atoms with E-state index in [0.717, 1.165) is 0 Å². The van der Waals surface area contributed by atoms with Crippen molar-refractivity contribution in [2.24, 2.45) is 5.73 Å². The van der Waals surface area contributed by atoms with Gasteiger partial charge in [-0.25, -0.2) is 0 Å². The van der Waals surface area contributed by atoms with Gasteiger partial charge < -0.3 is 15.8 Å². The van der Waals surface area contributed by atoms with Crippen LogP contribution >= 0.6 is 0 Å². The summed E-state index contributed by atoms with van der Waals surface area (Å²) in [4.78, 5) is 34.9. The quantitative estimate of drug-likeness (QED) is 0.547. The molecule has 26 heavy (non-hydrogen) atoms. The first-order valence-corrected chi connectivity index (χ1v) is 7.83. The summed E-state index contributed by atoms with van der Waals surface area (Å²) >= 11 is 0. The summed E-state index contributed by atoms with van der Waals surface area (Å²) in [5, 5.41) is 13.6. The number of primary amides is 1. The number of nitro benzene ring substituents is 1. The largest absolute Gasteiger partial charge is 0.368 e. The number of methoxy groups -OCH3 is 1. The van der Waals surface area contributed by atoms with Crippen LogP contribution in [0.25, 0.3) is 0 Å². The van der Waals surface area contributed by atoms with Gasteiger partial charge in [-0.3, -0.25) is 19.7 Å². The fourth-order valence-corrected chi connectivity index (χ4v) is 2.57. The number of nitrogens with zero attached hydrogens (tertiary/aromatic N) is 1. The lowest BCUT2D eigenvalue weighted by molar-refractivity contribution is -0.385. The van der Waals surface area contributed by atoms with Gasteiger partial charge in [-0.2, -0.15) is 0 Å². The molecule has 0 saturated heterocycles. The van der Waals surface area contributed by atoms with Crippen molar-refractivity contribution < 1.29 is 19.2 Å². The minimum atomic E-state index is -1.11. The molecule has 8 nitrogen and oxygen atoms in total. The Bertz CT molecular complexity index is 794. The Kier molecular flexibility index (Phi) is 6.40. The van der Waals surface area contributed by atoms with Gasteiger partial charge in [0.25, 0.3) is 11.6 Å². The Balaban J connectivity index is 2.19. The van der Waals surface area contributed by atoms with E-state index in [1.54, 1.807) is 36.4 Å². The number of rotatable bonds is 8. The average molecular weight is 357 g/mol. The van der Waals surface area contributed by atoms with Crippen molar-refractivity contribution in [2.75, 3.05) is 7.11 Å². The third-order valence-electron chi connectivity index (χ3n) is 3.85. The van der Waals surface area contributed by atoms with E-state index in [2.05, 4.69) is 5.32 Å². The van der Waals surface area contributed by atoms with Gasteiger partial charge in [0.15, 0.2) is 6.10 Å². The zero-order valence-electron chi connectivity index (χ0n) is 14.1. The molecule has 0 aromatic heterocycles. The number of carbonyl (C=O) groups excluding carboxylic acids is 2. The number of carbonyl (C=O) groups is 2. The van der Waals surface area contributed by atoms with E-state index < -0.39 is 28.9 Å². The highest BCUT2D eigenvalue weighted by atomic mass is 16.6. The summed E-state index contributed by atoms with van der Waals surface area (Å²) < 4.78 is 5.22. The summed E-state index contributed by atoms with van der Waals surface area (Å²) in [5.74, 6) is -1.35. The fraction of sp³-hybridized carbons (Fsp3) is 0.222. The molecule has 0 aliphatic heterocycles. The third-order valence-corrected chi connectivity index (χ3v) is 3.85. The first kappa shape index (κ1) is 19.1. The Labute approximate surface area is 150 Å². The molecule has 2 rings (SSSR count). The molecule has 0 fully saturated rings. The van der Waals surface area contributed by atoms with Crippen molar-refractivity contribution in [3.05, 3.63) is 75.8 Å². The topological polar surface area (TPSA) is 125 Å². The second kappa shape index (κ2) is 8.72. The van der Waals surface area contributed by atoms with E-state index in [9.17, 15) is 19.7 Å². The van der Waals surface area contributed by atoms with Gasteiger partial charge in [-0.1, -0.05) is 48.5 Å². The van der Waals surface area contributed by atoms with Crippen LogP contribution in [0.15, 0.2) is 54.6 Å². The molecule has 2 aromatic rings. The zero-order chi connectivity index (χ0) is 19.1. The van der Waals surface area contributed by atoms with Gasteiger partial charge in [0.05, 0.1) is 4.92 Å². The number of nitro groups is 1. The van der Waals surface area contributed by atoms with Gasteiger partial charge in [0, 0.05) is 25.2 Å². The molecule has 2 amide bonds. The number of hydrogen-bond acceptors (Lipinski definition) is 5. The Morgan fingerprint density at radius 1 is 1.15 bits per heavy atom. The van der Waals surface area contributed by atoms with Crippen LogP contribution in [0.2, 0.25) is 0 Å². The van der Waals surface area contributed by atoms with Crippen molar-refractivity contribution in [1.29, 1.82) is 0 Å². The second-order valence-corrected chi connectivity index (χ2v) is 5.58. The highest BCUT2D eigenvalue weighted by Gasteiger charge is 2.27. The molecule has 136 valence electrons. The van der Waals surface area contributed by atoms with Crippen LogP contribution in [0.3, 0.4) is 0 Å². The lowest BCUT2D eigenvalue weighted by atomic mass is 10.0. The second-order valence-electron chi connectivity index (χ2n) is 5.58. The number of ether oxygens (including phenoxy) is 1. The molecule has 3 N–H and O–H groups in total. The molecule has 0 bridgehead atoms. The maximum absolute atomic E-state index is 12.5. The summed E-state index contributed by atoms with van der Waals surface area (Å²) in [7, 11) is 1.37. The average Bonchev–Trinajstić information content (AvgIpc) is 2.63. The predicted octanol–water partition coefficient (Wildman–Crippen LogP) is 1.50. The normalized spacial score (nSPS) is 12.8. The molecule has 0 radical (unpaired) electrons. The van der Waals surface area contributed by atoms with Crippen LogP contribution in [0.4, 0.5) is 5.69 Å². The Morgan fingerprint density at radius 3 is 2.35 bits per heavy atom. The molecular weight excluding hydrogens is 338 g/mol. The summed E-state index contributed by atoms with van der Waals surface area (Å²) in [6.07, 6.45) is -1.02. The minimum Gasteiger partial charge on any atom is -0.368 e. The van der Waals surface area contributed by atoms with Crippen LogP contribution in [-0.2, 0) is 20.7 Å². The van der Waals surface area contributed by atoms with Crippen LogP contribution in [0.5, 0.6) is 0 Å². The van der Waals surface area contributed by atoms with Crippen molar-refractivity contribution in [1.82, 2.24) is 5.32 Å². The molecule has 0 aliphatic rings. The van der Waals surface area contributed by atoms with Gasteiger partial charge in [-0.05, 0) is 5.56 Å². The van der Waals surface area contributed by atoms with Gasteiger partial charge in [0.1, 0.15) is 6.04 Å². The SMILES string of the molecule is CO[C@H](C(=O)N[C@H](Cc1ccccc1[N+](=O)[O-])C(N)=O)c1ccccc1. The van der Waals surface area contributed by atoms with Crippen LogP contribution < -0.4 is 11.1 Å². The first-order chi connectivity index (χ1) is 12.4. The Morgan fingerprint density at radius 2 is 1.77 bits per heavy atom. The summed E-state index contributed by atoms with van der Waals surface area (Å²) in [6, 6.07) is 13.6. The van der Waals surface area contributed by atoms with E-state index in [-0.39, 0.29) is 12.1 Å². The highest BCUT2D eigenvalue weighted by Crippen LogP contribution is 2.20. The van der Waals surface area contributed by atoms with Crippen LogP contribution in [0, 0.1) is 10.1 Å². The van der Waals surface area contributed by atoms with E-state index in [1.807, 2.05) is 0 Å². The monoisotopic (exact) mass is 357 g/mol. The van der Waals surface area contributed by atoms with E-state index in [1.165, 1.54) is 25.3 Å². The molecule has 0 unspecified atom stereocenters.